The Kier molecular flexibility index (Phi) is 4.59. The van der Waals surface area contributed by atoms with Gasteiger partial charge in [0.25, 0.3) is 0 Å². The zero-order valence-electron chi connectivity index (χ0n) is 15.6. The number of para-hydroxylation sites is 2. The molecule has 1 saturated heterocycles. The number of imidazole rings is 1. The smallest absolute Gasteiger partial charge is 0.341 e. The molecule has 28 heavy (non-hydrogen) atoms. The van der Waals surface area contributed by atoms with Gasteiger partial charge in [-0.05, 0) is 43.7 Å². The molecule has 144 valence electrons. The Balaban J connectivity index is 1.96. The van der Waals surface area contributed by atoms with Gasteiger partial charge in [-0.2, -0.15) is 0 Å². The lowest BCUT2D eigenvalue weighted by atomic mass is 9.70. The topological polar surface area (TPSA) is 75.3 Å². The highest BCUT2D eigenvalue weighted by atomic mass is 35.5. The second-order valence-electron chi connectivity index (χ2n) is 6.70. The summed E-state index contributed by atoms with van der Waals surface area (Å²) in [6.45, 7) is 3.83. The molecule has 3 aromatic rings. The maximum absolute atomic E-state index is 13.3. The molecule has 0 bridgehead atoms. The zero-order valence-corrected chi connectivity index (χ0v) is 16.4. The molecule has 4 rings (SSSR count). The molecular formula is C21H20ClN3O3. The molecule has 1 N–H and O–H groups in total. The summed E-state index contributed by atoms with van der Waals surface area (Å²) in [5.74, 6) is -0.830. The van der Waals surface area contributed by atoms with Crippen molar-refractivity contribution >= 4 is 40.2 Å². The monoisotopic (exact) mass is 397 g/mol. The number of halogens is 1. The van der Waals surface area contributed by atoms with Crippen LogP contribution < -0.4 is 4.90 Å². The number of esters is 1. The highest BCUT2D eigenvalue weighted by Gasteiger charge is 2.68. The minimum atomic E-state index is -1.36. The van der Waals surface area contributed by atoms with E-state index in [9.17, 15) is 9.59 Å². The number of H-pyrrole nitrogens is 1. The fourth-order valence-electron chi connectivity index (χ4n) is 3.99. The fourth-order valence-corrected chi connectivity index (χ4v) is 4.17. The minimum absolute atomic E-state index is 0.154. The van der Waals surface area contributed by atoms with Gasteiger partial charge in [0.2, 0.25) is 11.4 Å². The van der Waals surface area contributed by atoms with Crippen molar-refractivity contribution in [2.75, 3.05) is 11.5 Å². The van der Waals surface area contributed by atoms with Crippen LogP contribution in [0, 0.1) is 5.92 Å². The van der Waals surface area contributed by atoms with Crippen molar-refractivity contribution in [2.45, 2.75) is 25.8 Å². The number of hydrogen-bond donors (Lipinski definition) is 1. The highest BCUT2D eigenvalue weighted by Crippen LogP contribution is 2.51. The van der Waals surface area contributed by atoms with E-state index >= 15 is 0 Å². The van der Waals surface area contributed by atoms with Crippen molar-refractivity contribution in [3.63, 3.8) is 0 Å². The molecule has 1 aliphatic rings. The van der Waals surface area contributed by atoms with Gasteiger partial charge in [0, 0.05) is 10.7 Å². The van der Waals surface area contributed by atoms with Gasteiger partial charge in [-0.3, -0.25) is 9.69 Å². The van der Waals surface area contributed by atoms with Crippen molar-refractivity contribution in [1.29, 1.82) is 0 Å². The quantitative estimate of drug-likeness (QED) is 0.520. The number of β-lactam (4-membered cyclic amide) rings is 1. The van der Waals surface area contributed by atoms with E-state index in [1.807, 2.05) is 31.2 Å². The van der Waals surface area contributed by atoms with Gasteiger partial charge in [-0.1, -0.05) is 36.7 Å². The average Bonchev–Trinajstić information content (AvgIpc) is 3.10. The molecule has 1 amide bonds. The Labute approximate surface area is 167 Å². The van der Waals surface area contributed by atoms with Crippen LogP contribution in [0.5, 0.6) is 0 Å². The molecule has 6 nitrogen and oxygen atoms in total. The van der Waals surface area contributed by atoms with Crippen LogP contribution in [0.2, 0.25) is 5.02 Å². The van der Waals surface area contributed by atoms with Crippen LogP contribution in [-0.2, 0) is 19.9 Å². The number of aromatic amines is 1. The number of rotatable bonds is 5. The average molecular weight is 398 g/mol. The molecule has 2 aromatic carbocycles. The lowest BCUT2D eigenvalue weighted by Crippen LogP contribution is -2.73. The summed E-state index contributed by atoms with van der Waals surface area (Å²) in [6, 6.07) is 14.4. The molecule has 0 spiro atoms. The van der Waals surface area contributed by atoms with Gasteiger partial charge in [0.05, 0.1) is 23.6 Å². The molecule has 2 heterocycles. The van der Waals surface area contributed by atoms with Crippen molar-refractivity contribution < 1.29 is 14.3 Å². The van der Waals surface area contributed by atoms with E-state index in [2.05, 4.69) is 9.97 Å². The van der Waals surface area contributed by atoms with Gasteiger partial charge < -0.3 is 9.72 Å². The van der Waals surface area contributed by atoms with E-state index in [0.717, 1.165) is 11.0 Å². The van der Waals surface area contributed by atoms with E-state index in [1.54, 1.807) is 31.2 Å². The van der Waals surface area contributed by atoms with Crippen molar-refractivity contribution in [3.05, 3.63) is 59.4 Å². The first-order chi connectivity index (χ1) is 13.5. The molecule has 0 radical (unpaired) electrons. The van der Waals surface area contributed by atoms with Gasteiger partial charge >= 0.3 is 5.97 Å². The third-order valence-electron chi connectivity index (χ3n) is 5.19. The van der Waals surface area contributed by atoms with Gasteiger partial charge in [-0.15, -0.1) is 0 Å². The Morgan fingerprint density at radius 1 is 1.25 bits per heavy atom. The molecule has 2 atom stereocenters. The predicted octanol–water partition coefficient (Wildman–Crippen LogP) is 4.05. The summed E-state index contributed by atoms with van der Waals surface area (Å²) in [6.07, 6.45) is 0.478. The Hall–Kier alpha value is -2.86. The predicted molar refractivity (Wildman–Crippen MR) is 107 cm³/mol. The number of benzene rings is 2. The van der Waals surface area contributed by atoms with E-state index in [-0.39, 0.29) is 12.5 Å². The number of aromatic nitrogens is 2. The van der Waals surface area contributed by atoms with Gasteiger partial charge in [0.1, 0.15) is 5.82 Å². The third kappa shape index (κ3) is 2.52. The molecule has 7 heteroatoms. The number of fused-ring (bicyclic) bond motifs is 1. The summed E-state index contributed by atoms with van der Waals surface area (Å²) >= 11 is 6.15. The maximum atomic E-state index is 13.3. The number of anilines is 1. The molecule has 2 unspecified atom stereocenters. The first kappa shape index (κ1) is 18.5. The molecule has 1 fully saturated rings. The van der Waals surface area contributed by atoms with E-state index in [4.69, 9.17) is 16.3 Å². The second kappa shape index (κ2) is 6.95. The van der Waals surface area contributed by atoms with Crippen LogP contribution >= 0.6 is 11.6 Å². The molecule has 0 aliphatic carbocycles. The normalized spacial score (nSPS) is 21.6. The summed E-state index contributed by atoms with van der Waals surface area (Å²) in [7, 11) is 0. The number of nitrogens with zero attached hydrogens (tertiary/aromatic N) is 2. The van der Waals surface area contributed by atoms with Gasteiger partial charge in [-0.25, -0.2) is 9.78 Å². The lowest BCUT2D eigenvalue weighted by molar-refractivity contribution is -0.164. The van der Waals surface area contributed by atoms with Crippen LogP contribution in [-0.4, -0.2) is 28.5 Å². The van der Waals surface area contributed by atoms with Crippen LogP contribution in [0.15, 0.2) is 48.5 Å². The fraction of sp³-hybridized carbons (Fsp3) is 0.286. The number of nitrogens with one attached hydrogen (secondary N) is 1. The van der Waals surface area contributed by atoms with Gasteiger partial charge in [0.15, 0.2) is 0 Å². The second-order valence-corrected chi connectivity index (χ2v) is 7.14. The largest absolute Gasteiger partial charge is 0.464 e. The maximum Gasteiger partial charge on any atom is 0.341 e. The number of ether oxygens (including phenoxy) is 1. The lowest BCUT2D eigenvalue weighted by Gasteiger charge is -2.53. The van der Waals surface area contributed by atoms with E-state index in [0.29, 0.717) is 23.0 Å². The van der Waals surface area contributed by atoms with E-state index in [1.165, 1.54) is 4.90 Å². The zero-order chi connectivity index (χ0) is 19.9. The molecule has 0 saturated carbocycles. The molecule has 1 aromatic heterocycles. The molecular weight excluding hydrogens is 378 g/mol. The minimum Gasteiger partial charge on any atom is -0.464 e. The number of carbonyl (C=O) groups excluding carboxylic acids is 2. The van der Waals surface area contributed by atoms with Crippen molar-refractivity contribution in [3.8, 4) is 0 Å². The highest BCUT2D eigenvalue weighted by molar-refractivity contribution is 6.31. The number of amides is 1. The van der Waals surface area contributed by atoms with Crippen molar-refractivity contribution in [2.24, 2.45) is 5.92 Å². The first-order valence-electron chi connectivity index (χ1n) is 9.26. The van der Waals surface area contributed by atoms with Crippen LogP contribution in [0.3, 0.4) is 0 Å². The van der Waals surface area contributed by atoms with E-state index < -0.39 is 17.4 Å². The first-order valence-corrected chi connectivity index (χ1v) is 9.63. The summed E-state index contributed by atoms with van der Waals surface area (Å²) in [5.41, 5.74) is 0.699. The SMILES string of the molecule is CCOC(=O)C1(c2nc3ccccc3[nH]2)C(CC)C(=O)N1c1cccc(Cl)c1. The van der Waals surface area contributed by atoms with Crippen LogP contribution in [0.4, 0.5) is 5.69 Å². The Morgan fingerprint density at radius 2 is 2.04 bits per heavy atom. The third-order valence-corrected chi connectivity index (χ3v) is 5.42. The van der Waals surface area contributed by atoms with Crippen LogP contribution in [0.25, 0.3) is 11.0 Å². The molecule has 1 aliphatic heterocycles. The summed E-state index contributed by atoms with van der Waals surface area (Å²) < 4.78 is 5.44. The Morgan fingerprint density at radius 3 is 2.71 bits per heavy atom. The van der Waals surface area contributed by atoms with Crippen LogP contribution in [0.1, 0.15) is 26.1 Å². The number of hydrogen-bond acceptors (Lipinski definition) is 4. The standard InChI is InChI=1S/C21H20ClN3O3/c1-3-15-18(26)25(14-9-7-8-13(22)12-14)21(15,20(27)28-4-2)19-23-16-10-5-6-11-17(16)24-19/h5-12,15H,3-4H2,1-2H3,(H,23,24). The summed E-state index contributed by atoms with van der Waals surface area (Å²) in [4.78, 5) is 35.7. The summed E-state index contributed by atoms with van der Waals surface area (Å²) in [5, 5.41) is 0.479. The van der Waals surface area contributed by atoms with Crippen molar-refractivity contribution in [1.82, 2.24) is 9.97 Å². The Bertz CT molecular complexity index is 1030. The number of carbonyl (C=O) groups is 2.